The second-order valence-corrected chi connectivity index (χ2v) is 5.67. The molecule has 136 valence electrons. The predicted octanol–water partition coefficient (Wildman–Crippen LogP) is 2.00. The van der Waals surface area contributed by atoms with E-state index in [4.69, 9.17) is 25.7 Å². The van der Waals surface area contributed by atoms with Gasteiger partial charge in [-0.3, -0.25) is 0 Å². The Morgan fingerprint density at radius 1 is 0.846 bits per heavy atom. The largest absolute Gasteiger partial charge is 0.493 e. The lowest BCUT2D eigenvalue weighted by atomic mass is 10.1. The van der Waals surface area contributed by atoms with Crippen LogP contribution in [0.1, 0.15) is 11.3 Å². The second-order valence-electron chi connectivity index (χ2n) is 5.67. The molecule has 8 heteroatoms. The second kappa shape index (κ2) is 7.30. The van der Waals surface area contributed by atoms with Crippen molar-refractivity contribution in [3.05, 3.63) is 35.5 Å². The first-order valence-corrected chi connectivity index (χ1v) is 8.03. The summed E-state index contributed by atoms with van der Waals surface area (Å²) in [4.78, 5) is 12.7. The summed E-state index contributed by atoms with van der Waals surface area (Å²) in [6.07, 6.45) is 1.45. The summed E-state index contributed by atoms with van der Waals surface area (Å²) in [5, 5.41) is 0. The van der Waals surface area contributed by atoms with Crippen molar-refractivity contribution in [3.8, 4) is 17.2 Å². The third kappa shape index (κ3) is 3.39. The van der Waals surface area contributed by atoms with Gasteiger partial charge in [-0.2, -0.15) is 4.98 Å². The number of nitrogen functional groups attached to an aromatic ring is 2. The van der Waals surface area contributed by atoms with Crippen LogP contribution in [0.5, 0.6) is 17.2 Å². The molecule has 3 aromatic rings. The summed E-state index contributed by atoms with van der Waals surface area (Å²) in [7, 11) is 4.78. The van der Waals surface area contributed by atoms with Gasteiger partial charge in [0, 0.05) is 5.69 Å². The zero-order valence-electron chi connectivity index (χ0n) is 14.9. The van der Waals surface area contributed by atoms with Gasteiger partial charge >= 0.3 is 0 Å². The molecule has 0 bridgehead atoms. The van der Waals surface area contributed by atoms with Gasteiger partial charge in [-0.25, -0.2) is 9.97 Å². The van der Waals surface area contributed by atoms with E-state index in [2.05, 4.69) is 15.0 Å². The number of benzene rings is 1. The van der Waals surface area contributed by atoms with E-state index in [9.17, 15) is 0 Å². The third-order valence-corrected chi connectivity index (χ3v) is 4.04. The fraction of sp³-hybridized carbons (Fsp3) is 0.278. The van der Waals surface area contributed by atoms with Crippen molar-refractivity contribution in [2.75, 3.05) is 32.8 Å². The van der Waals surface area contributed by atoms with Gasteiger partial charge in [0.2, 0.25) is 11.7 Å². The number of pyridine rings is 1. The first kappa shape index (κ1) is 17.5. The Balaban J connectivity index is 1.86. The predicted molar refractivity (Wildman–Crippen MR) is 99.7 cm³/mol. The smallest absolute Gasteiger partial charge is 0.222 e. The Kier molecular flexibility index (Phi) is 4.92. The number of anilines is 2. The number of hydrogen-bond acceptors (Lipinski definition) is 8. The van der Waals surface area contributed by atoms with Gasteiger partial charge in [0.05, 0.1) is 26.8 Å². The van der Waals surface area contributed by atoms with Crippen molar-refractivity contribution in [1.82, 2.24) is 15.0 Å². The molecule has 8 nitrogen and oxygen atoms in total. The number of nitrogens with two attached hydrogens (primary N) is 2. The summed E-state index contributed by atoms with van der Waals surface area (Å²) in [5.74, 6) is 2.25. The van der Waals surface area contributed by atoms with E-state index in [1.165, 1.54) is 0 Å². The molecular weight excluding hydrogens is 334 g/mol. The van der Waals surface area contributed by atoms with Crippen LogP contribution in [-0.2, 0) is 12.8 Å². The first-order chi connectivity index (χ1) is 12.5. The summed E-state index contributed by atoms with van der Waals surface area (Å²) >= 11 is 0. The number of nitrogens with zero attached hydrogens (tertiary/aromatic N) is 3. The van der Waals surface area contributed by atoms with E-state index in [-0.39, 0.29) is 11.8 Å². The topological polar surface area (TPSA) is 118 Å². The van der Waals surface area contributed by atoms with Gasteiger partial charge in [-0.05, 0) is 42.7 Å². The van der Waals surface area contributed by atoms with E-state index < -0.39 is 0 Å². The van der Waals surface area contributed by atoms with E-state index >= 15 is 0 Å². The molecule has 26 heavy (non-hydrogen) atoms. The summed E-state index contributed by atoms with van der Waals surface area (Å²) in [6.45, 7) is 0. The number of rotatable bonds is 6. The fourth-order valence-corrected chi connectivity index (χ4v) is 2.79. The number of fused-ring (bicyclic) bond motifs is 1. The molecule has 4 N–H and O–H groups in total. The van der Waals surface area contributed by atoms with Crippen LogP contribution >= 0.6 is 0 Å². The van der Waals surface area contributed by atoms with E-state index in [1.807, 2.05) is 24.3 Å². The quantitative estimate of drug-likeness (QED) is 0.689. The minimum atomic E-state index is 0.141. The molecule has 2 heterocycles. The van der Waals surface area contributed by atoms with Gasteiger partial charge in [0.1, 0.15) is 5.52 Å². The van der Waals surface area contributed by atoms with Crippen LogP contribution in [0.15, 0.2) is 24.3 Å². The molecule has 0 aliphatic carbocycles. The van der Waals surface area contributed by atoms with Crippen molar-refractivity contribution < 1.29 is 14.2 Å². The van der Waals surface area contributed by atoms with Crippen LogP contribution in [0.2, 0.25) is 0 Å². The SMILES string of the molecule is COc1cc(CCc2ccc3nc(N)nc(N)c3n2)cc(OC)c1OC. The Morgan fingerprint density at radius 3 is 2.15 bits per heavy atom. The molecule has 0 saturated carbocycles. The molecule has 0 fully saturated rings. The molecule has 0 unspecified atom stereocenters. The van der Waals surface area contributed by atoms with E-state index in [0.717, 1.165) is 17.7 Å². The van der Waals surface area contributed by atoms with Crippen LogP contribution in [0.25, 0.3) is 11.0 Å². The average molecular weight is 355 g/mol. The average Bonchev–Trinajstić information content (AvgIpc) is 2.65. The van der Waals surface area contributed by atoms with Crippen LogP contribution in [0.3, 0.4) is 0 Å². The summed E-state index contributed by atoms with van der Waals surface area (Å²) in [5.41, 5.74) is 14.6. The highest BCUT2D eigenvalue weighted by Crippen LogP contribution is 2.38. The van der Waals surface area contributed by atoms with Gasteiger partial charge in [-0.15, -0.1) is 0 Å². The van der Waals surface area contributed by atoms with Crippen LogP contribution in [0, 0.1) is 0 Å². The first-order valence-electron chi connectivity index (χ1n) is 8.03. The fourth-order valence-electron chi connectivity index (χ4n) is 2.79. The van der Waals surface area contributed by atoms with Gasteiger partial charge < -0.3 is 25.7 Å². The van der Waals surface area contributed by atoms with E-state index in [0.29, 0.717) is 34.7 Å². The maximum atomic E-state index is 5.90. The van der Waals surface area contributed by atoms with E-state index in [1.54, 1.807) is 21.3 Å². The van der Waals surface area contributed by atoms with Gasteiger partial charge in [-0.1, -0.05) is 0 Å². The highest BCUT2D eigenvalue weighted by Gasteiger charge is 2.13. The maximum Gasteiger partial charge on any atom is 0.222 e. The molecule has 1 aromatic carbocycles. The highest BCUT2D eigenvalue weighted by atomic mass is 16.5. The number of hydrogen-bond donors (Lipinski definition) is 2. The van der Waals surface area contributed by atoms with Crippen LogP contribution in [-0.4, -0.2) is 36.3 Å². The summed E-state index contributed by atoms with van der Waals surface area (Å²) < 4.78 is 16.1. The Morgan fingerprint density at radius 2 is 1.54 bits per heavy atom. The molecular formula is C18H21N5O3. The number of aryl methyl sites for hydroxylation is 2. The zero-order chi connectivity index (χ0) is 18.7. The Bertz CT molecular complexity index is 920. The molecule has 0 aliphatic rings. The zero-order valence-corrected chi connectivity index (χ0v) is 14.9. The third-order valence-electron chi connectivity index (χ3n) is 4.04. The molecule has 0 atom stereocenters. The van der Waals surface area contributed by atoms with Crippen molar-refractivity contribution in [2.45, 2.75) is 12.8 Å². The lowest BCUT2D eigenvalue weighted by molar-refractivity contribution is 0.324. The van der Waals surface area contributed by atoms with Crippen LogP contribution in [0.4, 0.5) is 11.8 Å². The van der Waals surface area contributed by atoms with Crippen molar-refractivity contribution in [2.24, 2.45) is 0 Å². The number of aromatic nitrogens is 3. The Hall–Kier alpha value is -3.29. The standard InChI is InChI=1S/C18H21N5O3/c1-24-13-8-10(9-14(25-2)16(13)26-3)4-5-11-6-7-12-15(21-11)17(19)23-18(20)22-12/h6-9H,4-5H2,1-3H3,(H4,19,20,22,23). The maximum absolute atomic E-state index is 5.90. The molecule has 0 spiro atoms. The minimum absolute atomic E-state index is 0.141. The lowest BCUT2D eigenvalue weighted by Gasteiger charge is -2.14. The van der Waals surface area contributed by atoms with Crippen LogP contribution < -0.4 is 25.7 Å². The molecule has 3 rings (SSSR count). The van der Waals surface area contributed by atoms with Gasteiger partial charge in [0.15, 0.2) is 17.3 Å². The van der Waals surface area contributed by atoms with Crippen molar-refractivity contribution in [3.63, 3.8) is 0 Å². The van der Waals surface area contributed by atoms with Crippen molar-refractivity contribution in [1.29, 1.82) is 0 Å². The minimum Gasteiger partial charge on any atom is -0.493 e. The molecule has 0 aliphatic heterocycles. The monoisotopic (exact) mass is 355 g/mol. The molecule has 0 radical (unpaired) electrons. The van der Waals surface area contributed by atoms with Gasteiger partial charge in [0.25, 0.3) is 0 Å². The highest BCUT2D eigenvalue weighted by molar-refractivity contribution is 5.84. The lowest BCUT2D eigenvalue weighted by Crippen LogP contribution is -2.03. The summed E-state index contributed by atoms with van der Waals surface area (Å²) in [6, 6.07) is 7.62. The Labute approximate surface area is 151 Å². The molecule has 2 aromatic heterocycles. The number of methoxy groups -OCH3 is 3. The van der Waals surface area contributed by atoms with Crippen molar-refractivity contribution >= 4 is 22.8 Å². The normalized spacial score (nSPS) is 10.7. The molecule has 0 amide bonds. The molecule has 0 saturated heterocycles. The number of ether oxygens (including phenoxy) is 3.